The topological polar surface area (TPSA) is 0 Å². The maximum absolute atomic E-state index is 9.18. The van der Waals surface area contributed by atoms with E-state index in [-0.39, 0.29) is 0 Å². The molecule has 0 aliphatic heterocycles. The summed E-state index contributed by atoms with van der Waals surface area (Å²) in [6.07, 6.45) is -1.38. The summed E-state index contributed by atoms with van der Waals surface area (Å²) in [4.78, 5) is 0. The van der Waals surface area contributed by atoms with Crippen LogP contribution in [0.25, 0.3) is 0 Å². The molecule has 3 aromatic carbocycles. The molecule has 0 aliphatic rings. The summed E-state index contributed by atoms with van der Waals surface area (Å²) in [5.74, 6) is 3.79. The summed E-state index contributed by atoms with van der Waals surface area (Å²) in [5, 5.41) is 4.70. The molecule has 0 heterocycles. The zero-order chi connectivity index (χ0) is 37.4. The van der Waals surface area contributed by atoms with Gasteiger partial charge in [-0.25, -0.2) is 0 Å². The van der Waals surface area contributed by atoms with Crippen molar-refractivity contribution < 1.29 is 0 Å². The van der Waals surface area contributed by atoms with Crippen LogP contribution in [-0.4, -0.2) is 28.6 Å². The molecule has 0 atom stereocenters. The molecule has 3 aromatic rings. The van der Waals surface area contributed by atoms with Crippen molar-refractivity contribution in [3.63, 3.8) is 0 Å². The maximum atomic E-state index is 9.18. The Labute approximate surface area is 317 Å². The van der Waals surface area contributed by atoms with Gasteiger partial charge in [0.25, 0.3) is 0 Å². The van der Waals surface area contributed by atoms with Gasteiger partial charge in [0.05, 0.1) is 0 Å². The second-order valence-corrected chi connectivity index (χ2v) is 33.9. The van der Waals surface area contributed by atoms with Gasteiger partial charge in [-0.05, 0) is 0 Å². The van der Waals surface area contributed by atoms with Gasteiger partial charge in [0, 0.05) is 0 Å². The van der Waals surface area contributed by atoms with Gasteiger partial charge in [0.15, 0.2) is 0 Å². The standard InChI is InChI=1S/C45H69ClGeSi2/c1-25(2)34-19-37(28(7)8)43(38(20-34)29(9)10)48(47)49(46,44-39(30(11)12)21-35(26(3)4)22-40(44)31(13)14)45-41(32(15)16)23-36(27(5)6)24-42(45)33(17)18/h19-33H,1-18H3. The Bertz CT molecular complexity index is 1480. The monoisotopic (exact) mass is 774 g/mol. The fraction of sp³-hybridized carbons (Fsp3) is 0.600. The first-order valence-corrected chi connectivity index (χ1v) is 28.1. The van der Waals surface area contributed by atoms with Crippen LogP contribution >= 0.6 is 11.1 Å². The van der Waals surface area contributed by atoms with E-state index in [1.165, 1.54) is 50.1 Å². The van der Waals surface area contributed by atoms with E-state index < -0.39 is 13.3 Å². The van der Waals surface area contributed by atoms with Crippen LogP contribution in [0.2, 0.25) is 0 Å². The predicted molar refractivity (Wildman–Crippen MR) is 228 cm³/mol. The Morgan fingerprint density at radius 1 is 0.388 bits per heavy atom. The molecule has 3 rings (SSSR count). The molecule has 0 aliphatic carbocycles. The number of rotatable bonds is 13. The summed E-state index contributed by atoms with van der Waals surface area (Å²) in [7, 11) is 0. The van der Waals surface area contributed by atoms with E-state index in [1.54, 1.807) is 15.6 Å². The Hall–Kier alpha value is -1.07. The summed E-state index contributed by atoms with van der Waals surface area (Å²) >= 11 is 11.8. The fourth-order valence-corrected chi connectivity index (χ4v) is 26.8. The SMILES string of the molecule is CC(C)c1cc(C(C)C)c([Si](=[Ge])[Si](Cl)(c2c(C(C)C)cc(C(C)C)cc2C(C)C)c2c(C(C)C)cc(C(C)C)cc2C(C)C)c(C(C)C)c1. The zero-order valence-corrected chi connectivity index (χ0v) is 39.4. The van der Waals surface area contributed by atoms with Crippen molar-refractivity contribution in [2.24, 2.45) is 0 Å². The van der Waals surface area contributed by atoms with Crippen molar-refractivity contribution in [3.05, 3.63) is 86.5 Å². The molecule has 0 saturated heterocycles. The number of halogens is 1. The Morgan fingerprint density at radius 2 is 0.592 bits per heavy atom. The average molecular weight is 774 g/mol. The molecule has 0 aromatic heterocycles. The van der Waals surface area contributed by atoms with Gasteiger partial charge in [-0.3, -0.25) is 0 Å². The van der Waals surface area contributed by atoms with E-state index in [2.05, 4.69) is 176 Å². The molecule has 49 heavy (non-hydrogen) atoms. The van der Waals surface area contributed by atoms with Crippen LogP contribution in [0.15, 0.2) is 36.4 Å². The molecule has 4 heteroatoms. The average Bonchev–Trinajstić information content (AvgIpc) is 3.01. The Balaban J connectivity index is 2.84. The van der Waals surface area contributed by atoms with Gasteiger partial charge < -0.3 is 0 Å². The molecule has 2 radical (unpaired) electrons. The van der Waals surface area contributed by atoms with Crippen molar-refractivity contribution in [2.45, 2.75) is 178 Å². The normalized spacial score (nSPS) is 12.9. The summed E-state index contributed by atoms with van der Waals surface area (Å²) < 4.78 is 0. The van der Waals surface area contributed by atoms with Crippen LogP contribution in [0.5, 0.6) is 0 Å². The van der Waals surface area contributed by atoms with Crippen molar-refractivity contribution in [2.75, 3.05) is 0 Å². The van der Waals surface area contributed by atoms with Gasteiger partial charge >= 0.3 is 320 Å². The molecular weight excluding hydrogens is 705 g/mol. The molecule has 0 unspecified atom stereocenters. The zero-order valence-electron chi connectivity index (χ0n) is 34.5. The van der Waals surface area contributed by atoms with E-state index in [9.17, 15) is 11.1 Å². The molecule has 0 N–H and O–H groups in total. The van der Waals surface area contributed by atoms with E-state index >= 15 is 0 Å². The molecule has 0 fully saturated rings. The third kappa shape index (κ3) is 8.60. The van der Waals surface area contributed by atoms with Crippen LogP contribution in [0.4, 0.5) is 0 Å². The first-order valence-electron chi connectivity index (χ1n) is 19.4. The van der Waals surface area contributed by atoms with Crippen molar-refractivity contribution in [3.8, 4) is 0 Å². The van der Waals surface area contributed by atoms with E-state index in [0.717, 1.165) is 0 Å². The quantitative estimate of drug-likeness (QED) is 0.120. The van der Waals surface area contributed by atoms with E-state index in [0.29, 0.717) is 53.3 Å². The number of benzene rings is 3. The van der Waals surface area contributed by atoms with Gasteiger partial charge in [-0.1, -0.05) is 0 Å². The fourth-order valence-electron chi connectivity index (χ4n) is 7.50. The third-order valence-corrected chi connectivity index (χ3v) is 33.8. The van der Waals surface area contributed by atoms with Crippen LogP contribution in [0.3, 0.4) is 0 Å². The Kier molecular flexibility index (Phi) is 14.5. The molecule has 0 saturated carbocycles. The van der Waals surface area contributed by atoms with Gasteiger partial charge in [-0.15, -0.1) is 0 Å². The van der Waals surface area contributed by atoms with Crippen LogP contribution < -0.4 is 15.6 Å². The minimum absolute atomic E-state index is 0.379. The van der Waals surface area contributed by atoms with Crippen molar-refractivity contribution in [1.29, 1.82) is 0 Å². The van der Waals surface area contributed by atoms with Gasteiger partial charge in [0.2, 0.25) is 0 Å². The molecule has 268 valence electrons. The molecule has 0 nitrogen and oxygen atoms in total. The summed E-state index contributed by atoms with van der Waals surface area (Å²) in [5.41, 5.74) is 13.4. The van der Waals surface area contributed by atoms with Crippen LogP contribution in [0.1, 0.15) is 228 Å². The summed E-state index contributed by atoms with van der Waals surface area (Å²) in [6, 6.07) is 15.4. The molecule has 0 amide bonds. The van der Waals surface area contributed by atoms with Crippen LogP contribution in [-0.2, 0) is 0 Å². The summed E-state index contributed by atoms with van der Waals surface area (Å²) in [6.45, 7) is 40.0. The Morgan fingerprint density at radius 3 is 0.776 bits per heavy atom. The predicted octanol–water partition coefficient (Wildman–Crippen LogP) is 12.2. The number of hydrogen-bond donors (Lipinski definition) is 0. The van der Waals surface area contributed by atoms with E-state index in [4.69, 9.17) is 0 Å². The first kappa shape index (κ1) is 42.3. The first-order chi connectivity index (χ1) is 22.6. The molecule has 0 spiro atoms. The number of hydrogen-bond acceptors (Lipinski definition) is 0. The molecule has 0 bridgehead atoms. The second kappa shape index (κ2) is 16.7. The van der Waals surface area contributed by atoms with E-state index in [1.807, 2.05) is 0 Å². The second-order valence-electron chi connectivity index (χ2n) is 17.6. The van der Waals surface area contributed by atoms with Crippen LogP contribution in [0, 0.1) is 0 Å². The molecular formula is C45H69ClGeSi2. The van der Waals surface area contributed by atoms with Gasteiger partial charge in [-0.2, -0.15) is 0 Å². The minimum atomic E-state index is -3.02. The van der Waals surface area contributed by atoms with Gasteiger partial charge in [0.1, 0.15) is 0 Å². The van der Waals surface area contributed by atoms with Crippen molar-refractivity contribution >= 4 is 55.3 Å². The van der Waals surface area contributed by atoms with Crippen molar-refractivity contribution in [1.82, 2.24) is 0 Å². The third-order valence-electron chi connectivity index (χ3n) is 10.7.